The molecule has 3 nitrogen and oxygen atoms in total. The van der Waals surface area contributed by atoms with Crippen molar-refractivity contribution in [3.63, 3.8) is 0 Å². The standard InChI is InChI=1S/C12H15NO2/c1-2-12(14)13-6-9-3-4-10-7-15-8-11(10)5-9/h3-5H,2,6-8H2,1H3,(H,13,14). The molecule has 1 aromatic rings. The van der Waals surface area contributed by atoms with Gasteiger partial charge >= 0.3 is 0 Å². The third-order valence-corrected chi connectivity index (χ3v) is 2.60. The van der Waals surface area contributed by atoms with Crippen LogP contribution in [0.2, 0.25) is 0 Å². The number of carbonyl (C=O) groups excluding carboxylic acids is 1. The Morgan fingerprint density at radius 2 is 2.20 bits per heavy atom. The predicted molar refractivity (Wildman–Crippen MR) is 57.1 cm³/mol. The van der Waals surface area contributed by atoms with Crippen LogP contribution in [0.5, 0.6) is 0 Å². The van der Waals surface area contributed by atoms with E-state index < -0.39 is 0 Å². The lowest BCUT2D eigenvalue weighted by Gasteiger charge is -2.05. The summed E-state index contributed by atoms with van der Waals surface area (Å²) >= 11 is 0. The van der Waals surface area contributed by atoms with Crippen LogP contribution < -0.4 is 5.32 Å². The normalized spacial score (nSPS) is 13.7. The van der Waals surface area contributed by atoms with Gasteiger partial charge in [-0.3, -0.25) is 4.79 Å². The van der Waals surface area contributed by atoms with Crippen molar-refractivity contribution in [2.45, 2.75) is 33.1 Å². The Morgan fingerprint density at radius 3 is 3.00 bits per heavy atom. The average Bonchev–Trinajstić information content (AvgIpc) is 2.72. The molecule has 0 radical (unpaired) electrons. The summed E-state index contributed by atoms with van der Waals surface area (Å²) in [6.45, 7) is 3.88. The van der Waals surface area contributed by atoms with Crippen molar-refractivity contribution in [1.82, 2.24) is 5.32 Å². The van der Waals surface area contributed by atoms with Crippen LogP contribution in [-0.2, 0) is 29.3 Å². The molecule has 1 N–H and O–H groups in total. The van der Waals surface area contributed by atoms with Gasteiger partial charge in [0.15, 0.2) is 0 Å². The molecule has 1 aromatic carbocycles. The lowest BCUT2D eigenvalue weighted by molar-refractivity contribution is -0.120. The average molecular weight is 205 g/mol. The van der Waals surface area contributed by atoms with Crippen molar-refractivity contribution in [2.75, 3.05) is 0 Å². The zero-order valence-corrected chi connectivity index (χ0v) is 8.88. The molecule has 1 amide bonds. The van der Waals surface area contributed by atoms with E-state index in [2.05, 4.69) is 17.4 Å². The highest BCUT2D eigenvalue weighted by molar-refractivity contribution is 5.75. The predicted octanol–water partition coefficient (Wildman–Crippen LogP) is 1.74. The van der Waals surface area contributed by atoms with E-state index in [0.717, 1.165) is 12.2 Å². The van der Waals surface area contributed by atoms with Crippen LogP contribution in [0.25, 0.3) is 0 Å². The smallest absolute Gasteiger partial charge is 0.219 e. The van der Waals surface area contributed by atoms with Gasteiger partial charge in [0.05, 0.1) is 13.2 Å². The number of hydrogen-bond acceptors (Lipinski definition) is 2. The number of hydrogen-bond donors (Lipinski definition) is 1. The third-order valence-electron chi connectivity index (χ3n) is 2.60. The molecule has 0 aliphatic carbocycles. The number of ether oxygens (including phenoxy) is 1. The molecule has 1 heterocycles. The Labute approximate surface area is 89.4 Å². The van der Waals surface area contributed by atoms with E-state index in [1.165, 1.54) is 11.1 Å². The summed E-state index contributed by atoms with van der Waals surface area (Å²) in [5, 5.41) is 2.86. The molecule has 1 aliphatic rings. The monoisotopic (exact) mass is 205 g/mol. The van der Waals surface area contributed by atoms with Gasteiger partial charge in [-0.2, -0.15) is 0 Å². The first-order valence-corrected chi connectivity index (χ1v) is 5.24. The highest BCUT2D eigenvalue weighted by atomic mass is 16.5. The maximum atomic E-state index is 11.1. The molecule has 3 heteroatoms. The summed E-state index contributed by atoms with van der Waals surface area (Å²) in [7, 11) is 0. The van der Waals surface area contributed by atoms with Crippen LogP contribution in [0.1, 0.15) is 30.0 Å². The molecule has 0 fully saturated rings. The summed E-state index contributed by atoms with van der Waals surface area (Å²) in [6, 6.07) is 6.23. The van der Waals surface area contributed by atoms with E-state index in [4.69, 9.17) is 4.74 Å². The van der Waals surface area contributed by atoms with E-state index >= 15 is 0 Å². The van der Waals surface area contributed by atoms with Gasteiger partial charge < -0.3 is 10.1 Å². The van der Waals surface area contributed by atoms with E-state index in [1.807, 2.05) is 13.0 Å². The van der Waals surface area contributed by atoms with Gasteiger partial charge in [0, 0.05) is 13.0 Å². The van der Waals surface area contributed by atoms with E-state index in [9.17, 15) is 4.79 Å². The Balaban J connectivity index is 2.01. The first kappa shape index (κ1) is 10.2. The van der Waals surface area contributed by atoms with Crippen LogP contribution >= 0.6 is 0 Å². The zero-order chi connectivity index (χ0) is 10.7. The molecule has 0 aromatic heterocycles. The molecule has 2 rings (SSSR count). The van der Waals surface area contributed by atoms with Crippen LogP contribution in [0.15, 0.2) is 18.2 Å². The van der Waals surface area contributed by atoms with Gasteiger partial charge in [-0.1, -0.05) is 25.1 Å². The number of rotatable bonds is 3. The topological polar surface area (TPSA) is 38.3 Å². The van der Waals surface area contributed by atoms with Crippen LogP contribution in [0, 0.1) is 0 Å². The fourth-order valence-corrected chi connectivity index (χ4v) is 1.66. The largest absolute Gasteiger partial charge is 0.372 e. The second-order valence-electron chi connectivity index (χ2n) is 3.73. The minimum Gasteiger partial charge on any atom is -0.372 e. The molecular formula is C12H15NO2. The first-order valence-electron chi connectivity index (χ1n) is 5.24. The molecule has 15 heavy (non-hydrogen) atoms. The number of benzene rings is 1. The molecule has 0 saturated heterocycles. The Kier molecular flexibility index (Phi) is 3.02. The van der Waals surface area contributed by atoms with E-state index in [-0.39, 0.29) is 5.91 Å². The molecule has 0 saturated carbocycles. The summed E-state index contributed by atoms with van der Waals surface area (Å²) in [5.74, 6) is 0.0896. The molecule has 0 spiro atoms. The van der Waals surface area contributed by atoms with Gasteiger partial charge in [-0.25, -0.2) is 0 Å². The second-order valence-corrected chi connectivity index (χ2v) is 3.73. The quantitative estimate of drug-likeness (QED) is 0.816. The van der Waals surface area contributed by atoms with Gasteiger partial charge in [0.1, 0.15) is 0 Å². The molecule has 0 unspecified atom stereocenters. The molecule has 80 valence electrons. The summed E-state index contributed by atoms with van der Waals surface area (Å²) < 4.78 is 5.33. The maximum Gasteiger partial charge on any atom is 0.219 e. The van der Waals surface area contributed by atoms with Crippen molar-refractivity contribution < 1.29 is 9.53 Å². The van der Waals surface area contributed by atoms with Gasteiger partial charge in [0.25, 0.3) is 0 Å². The lowest BCUT2D eigenvalue weighted by Crippen LogP contribution is -2.21. The third kappa shape index (κ3) is 2.36. The van der Waals surface area contributed by atoms with E-state index in [1.54, 1.807) is 0 Å². The molecular weight excluding hydrogens is 190 g/mol. The molecule has 0 atom stereocenters. The number of amides is 1. The number of nitrogens with one attached hydrogen (secondary N) is 1. The summed E-state index contributed by atoms with van der Waals surface area (Å²) in [5.41, 5.74) is 3.65. The number of carbonyl (C=O) groups is 1. The zero-order valence-electron chi connectivity index (χ0n) is 8.88. The summed E-state index contributed by atoms with van der Waals surface area (Å²) in [4.78, 5) is 11.1. The second kappa shape index (κ2) is 4.45. The van der Waals surface area contributed by atoms with Crippen LogP contribution in [0.4, 0.5) is 0 Å². The SMILES string of the molecule is CCC(=O)NCc1ccc2c(c1)COC2. The highest BCUT2D eigenvalue weighted by Gasteiger charge is 2.11. The van der Waals surface area contributed by atoms with Crippen molar-refractivity contribution in [2.24, 2.45) is 0 Å². The van der Waals surface area contributed by atoms with Crippen molar-refractivity contribution in [3.8, 4) is 0 Å². The maximum absolute atomic E-state index is 11.1. The van der Waals surface area contributed by atoms with Gasteiger partial charge in [0.2, 0.25) is 5.91 Å². The van der Waals surface area contributed by atoms with Gasteiger partial charge in [-0.15, -0.1) is 0 Å². The Hall–Kier alpha value is -1.35. The highest BCUT2D eigenvalue weighted by Crippen LogP contribution is 2.20. The fourth-order valence-electron chi connectivity index (χ4n) is 1.66. The minimum atomic E-state index is 0.0896. The minimum absolute atomic E-state index is 0.0896. The van der Waals surface area contributed by atoms with Gasteiger partial charge in [-0.05, 0) is 16.7 Å². The summed E-state index contributed by atoms with van der Waals surface area (Å²) in [6.07, 6.45) is 0.536. The van der Waals surface area contributed by atoms with Crippen molar-refractivity contribution in [3.05, 3.63) is 34.9 Å². The molecule has 0 bridgehead atoms. The molecule has 1 aliphatic heterocycles. The first-order chi connectivity index (χ1) is 7.29. The Morgan fingerprint density at radius 1 is 1.40 bits per heavy atom. The van der Waals surface area contributed by atoms with E-state index in [0.29, 0.717) is 19.6 Å². The van der Waals surface area contributed by atoms with Crippen LogP contribution in [-0.4, -0.2) is 5.91 Å². The fraction of sp³-hybridized carbons (Fsp3) is 0.417. The van der Waals surface area contributed by atoms with Crippen LogP contribution in [0.3, 0.4) is 0 Å². The number of fused-ring (bicyclic) bond motifs is 1. The van der Waals surface area contributed by atoms with Crippen molar-refractivity contribution >= 4 is 5.91 Å². The van der Waals surface area contributed by atoms with Crippen molar-refractivity contribution in [1.29, 1.82) is 0 Å². The Bertz CT molecular complexity index is 374. The lowest BCUT2D eigenvalue weighted by atomic mass is 10.1.